The Kier molecular flexibility index (Phi) is 1.56. The number of nitrogens with zero attached hydrogens (tertiary/aromatic N) is 2. The van der Waals surface area contributed by atoms with Gasteiger partial charge in [-0.05, 0) is 12.1 Å². The molecule has 2 heterocycles. The third-order valence-electron chi connectivity index (χ3n) is 2.47. The van der Waals surface area contributed by atoms with Crippen molar-refractivity contribution in [3.05, 3.63) is 36.8 Å². The van der Waals surface area contributed by atoms with E-state index >= 15 is 0 Å². The van der Waals surface area contributed by atoms with Crippen LogP contribution in [0.5, 0.6) is 5.75 Å². The van der Waals surface area contributed by atoms with Crippen molar-refractivity contribution in [2.45, 2.75) is 6.54 Å². The molecule has 70 valence electrons. The average Bonchev–Trinajstić information content (AvgIpc) is 2.61. The first kappa shape index (κ1) is 7.62. The Morgan fingerprint density at radius 3 is 3.21 bits per heavy atom. The van der Waals surface area contributed by atoms with E-state index in [9.17, 15) is 0 Å². The summed E-state index contributed by atoms with van der Waals surface area (Å²) in [6.07, 6.45) is 3.73. The van der Waals surface area contributed by atoms with Gasteiger partial charge in [0.1, 0.15) is 12.4 Å². The fourth-order valence-corrected chi connectivity index (χ4v) is 1.78. The molecule has 0 spiro atoms. The summed E-state index contributed by atoms with van der Waals surface area (Å²) in [5, 5.41) is 0. The van der Waals surface area contributed by atoms with Crippen molar-refractivity contribution in [3.63, 3.8) is 0 Å². The number of ether oxygens (including phenoxy) is 1. The van der Waals surface area contributed by atoms with Gasteiger partial charge >= 0.3 is 0 Å². The van der Waals surface area contributed by atoms with Crippen molar-refractivity contribution in [2.24, 2.45) is 0 Å². The zero-order chi connectivity index (χ0) is 9.38. The Morgan fingerprint density at radius 2 is 2.21 bits per heavy atom. The van der Waals surface area contributed by atoms with E-state index in [1.807, 2.05) is 30.7 Å². The zero-order valence-corrected chi connectivity index (χ0v) is 7.68. The lowest BCUT2D eigenvalue weighted by atomic mass is 10.1. The molecule has 1 aromatic heterocycles. The van der Waals surface area contributed by atoms with E-state index < -0.39 is 0 Å². The molecule has 0 aliphatic carbocycles. The average molecular weight is 186 g/mol. The van der Waals surface area contributed by atoms with Crippen molar-refractivity contribution in [1.29, 1.82) is 0 Å². The van der Waals surface area contributed by atoms with Gasteiger partial charge in [0.05, 0.1) is 24.8 Å². The minimum atomic E-state index is 0.709. The summed E-state index contributed by atoms with van der Waals surface area (Å²) < 4.78 is 7.76. The minimum absolute atomic E-state index is 0.709. The second kappa shape index (κ2) is 2.87. The van der Waals surface area contributed by atoms with Crippen molar-refractivity contribution < 1.29 is 4.74 Å². The van der Waals surface area contributed by atoms with E-state index in [-0.39, 0.29) is 0 Å². The molecule has 3 rings (SSSR count). The predicted octanol–water partition coefficient (Wildman–Crippen LogP) is 1.94. The number of aromatic nitrogens is 2. The number of para-hydroxylation sites is 1. The normalized spacial score (nSPS) is 13.7. The number of imidazole rings is 1. The number of rotatable bonds is 0. The van der Waals surface area contributed by atoms with Crippen LogP contribution in [0.4, 0.5) is 0 Å². The highest BCUT2D eigenvalue weighted by atomic mass is 16.5. The lowest BCUT2D eigenvalue weighted by Gasteiger charge is -2.04. The fraction of sp³-hybridized carbons (Fsp3) is 0.182. The van der Waals surface area contributed by atoms with Gasteiger partial charge in [0.25, 0.3) is 0 Å². The van der Waals surface area contributed by atoms with Crippen LogP contribution in [0.15, 0.2) is 36.8 Å². The Labute approximate surface area is 82.0 Å². The molecule has 14 heavy (non-hydrogen) atoms. The highest BCUT2D eigenvalue weighted by Crippen LogP contribution is 2.31. The fourth-order valence-electron chi connectivity index (χ4n) is 1.78. The van der Waals surface area contributed by atoms with Crippen LogP contribution in [0.2, 0.25) is 0 Å². The van der Waals surface area contributed by atoms with E-state index in [0.29, 0.717) is 6.61 Å². The third-order valence-corrected chi connectivity index (χ3v) is 2.47. The standard InChI is InChI=1S/C11H10N2O/c1-2-4-11-9(3-1)10-7-12-8-13(10)5-6-14-11/h1-4,7-8H,5-6H2. The summed E-state index contributed by atoms with van der Waals surface area (Å²) >= 11 is 0. The first-order chi connectivity index (χ1) is 6.95. The molecule has 0 unspecified atom stereocenters. The molecule has 0 bridgehead atoms. The third kappa shape index (κ3) is 1.02. The summed E-state index contributed by atoms with van der Waals surface area (Å²) in [5.41, 5.74) is 2.26. The summed E-state index contributed by atoms with van der Waals surface area (Å²) in [5.74, 6) is 0.951. The van der Waals surface area contributed by atoms with Crippen LogP contribution in [0, 0.1) is 0 Å². The zero-order valence-electron chi connectivity index (χ0n) is 7.68. The summed E-state index contributed by atoms with van der Waals surface area (Å²) in [4.78, 5) is 4.15. The first-order valence-electron chi connectivity index (χ1n) is 4.67. The quantitative estimate of drug-likeness (QED) is 0.628. The number of fused-ring (bicyclic) bond motifs is 3. The predicted molar refractivity (Wildman–Crippen MR) is 53.2 cm³/mol. The van der Waals surface area contributed by atoms with E-state index in [1.165, 1.54) is 0 Å². The number of hydrogen-bond donors (Lipinski definition) is 0. The summed E-state index contributed by atoms with van der Waals surface area (Å²) in [6, 6.07) is 8.07. The number of benzene rings is 1. The monoisotopic (exact) mass is 186 g/mol. The molecular weight excluding hydrogens is 176 g/mol. The van der Waals surface area contributed by atoms with E-state index in [2.05, 4.69) is 15.6 Å². The second-order valence-corrected chi connectivity index (χ2v) is 3.32. The van der Waals surface area contributed by atoms with Crippen LogP contribution >= 0.6 is 0 Å². The van der Waals surface area contributed by atoms with Crippen LogP contribution in [-0.4, -0.2) is 16.2 Å². The topological polar surface area (TPSA) is 27.1 Å². The Hall–Kier alpha value is -1.77. The molecule has 2 aromatic rings. The van der Waals surface area contributed by atoms with Crippen LogP contribution in [0.1, 0.15) is 0 Å². The van der Waals surface area contributed by atoms with Gasteiger partial charge in [-0.2, -0.15) is 0 Å². The van der Waals surface area contributed by atoms with Gasteiger partial charge in [0, 0.05) is 5.56 Å². The van der Waals surface area contributed by atoms with Crippen LogP contribution in [-0.2, 0) is 6.54 Å². The second-order valence-electron chi connectivity index (χ2n) is 3.32. The molecule has 1 aromatic carbocycles. The highest BCUT2D eigenvalue weighted by Gasteiger charge is 2.13. The molecule has 0 N–H and O–H groups in total. The molecule has 0 saturated carbocycles. The van der Waals surface area contributed by atoms with Crippen molar-refractivity contribution >= 4 is 0 Å². The van der Waals surface area contributed by atoms with Crippen LogP contribution < -0.4 is 4.74 Å². The van der Waals surface area contributed by atoms with Gasteiger partial charge < -0.3 is 9.30 Å². The van der Waals surface area contributed by atoms with Gasteiger partial charge in [-0.15, -0.1) is 0 Å². The molecule has 3 nitrogen and oxygen atoms in total. The Balaban J connectivity index is 2.27. The maximum atomic E-state index is 5.64. The lowest BCUT2D eigenvalue weighted by molar-refractivity contribution is 0.306. The van der Waals surface area contributed by atoms with Gasteiger partial charge in [0.2, 0.25) is 0 Å². The van der Waals surface area contributed by atoms with Gasteiger partial charge in [-0.1, -0.05) is 12.1 Å². The molecule has 0 atom stereocenters. The van der Waals surface area contributed by atoms with Gasteiger partial charge in [0.15, 0.2) is 0 Å². The van der Waals surface area contributed by atoms with Crippen molar-refractivity contribution in [2.75, 3.05) is 6.61 Å². The molecule has 0 amide bonds. The summed E-state index contributed by atoms with van der Waals surface area (Å²) in [7, 11) is 0. The molecule has 0 radical (unpaired) electrons. The van der Waals surface area contributed by atoms with Crippen LogP contribution in [0.3, 0.4) is 0 Å². The molecule has 0 fully saturated rings. The van der Waals surface area contributed by atoms with E-state index in [0.717, 1.165) is 23.6 Å². The SMILES string of the molecule is c1ccc2c(c1)OCCn1cncc1-2. The van der Waals surface area contributed by atoms with Crippen molar-refractivity contribution in [1.82, 2.24) is 9.55 Å². The Morgan fingerprint density at radius 1 is 1.29 bits per heavy atom. The molecule has 1 aliphatic rings. The number of hydrogen-bond acceptors (Lipinski definition) is 2. The smallest absolute Gasteiger partial charge is 0.128 e. The molecule has 0 saturated heterocycles. The van der Waals surface area contributed by atoms with Crippen LogP contribution in [0.25, 0.3) is 11.3 Å². The highest BCUT2D eigenvalue weighted by molar-refractivity contribution is 5.67. The largest absolute Gasteiger partial charge is 0.491 e. The molecular formula is C11H10N2O. The first-order valence-corrected chi connectivity index (χ1v) is 4.67. The Bertz CT molecular complexity index is 462. The maximum Gasteiger partial charge on any atom is 0.128 e. The summed E-state index contributed by atoms with van der Waals surface area (Å²) in [6.45, 7) is 1.57. The molecule has 1 aliphatic heterocycles. The molecule has 3 heteroatoms. The van der Waals surface area contributed by atoms with Gasteiger partial charge in [-0.3, -0.25) is 0 Å². The van der Waals surface area contributed by atoms with Crippen molar-refractivity contribution in [3.8, 4) is 17.0 Å². The maximum absolute atomic E-state index is 5.64. The van der Waals surface area contributed by atoms with Gasteiger partial charge in [-0.25, -0.2) is 4.98 Å². The van der Waals surface area contributed by atoms with E-state index in [4.69, 9.17) is 4.74 Å². The van der Waals surface area contributed by atoms with E-state index in [1.54, 1.807) is 0 Å². The minimum Gasteiger partial charge on any atom is -0.491 e. The lowest BCUT2D eigenvalue weighted by Crippen LogP contribution is -2.04.